The molecule has 0 aromatic carbocycles. The second-order valence-electron chi connectivity index (χ2n) is 3.31. The first kappa shape index (κ1) is 10.8. The lowest BCUT2D eigenvalue weighted by Gasteiger charge is -2.12. The molecule has 1 aromatic rings. The summed E-state index contributed by atoms with van der Waals surface area (Å²) in [4.78, 5) is 4.25. The maximum atomic E-state index is 4.99. The molecular formula is C9H16N4O. The van der Waals surface area contributed by atoms with Gasteiger partial charge in [0.1, 0.15) is 0 Å². The summed E-state index contributed by atoms with van der Waals surface area (Å²) in [6, 6.07) is 0.184. The van der Waals surface area contributed by atoms with E-state index in [1.54, 1.807) is 7.11 Å². The molecule has 1 N–H and O–H groups in total. The van der Waals surface area contributed by atoms with E-state index in [0.717, 1.165) is 11.4 Å². The smallest absolute Gasteiger partial charge is 0.243 e. The molecule has 0 radical (unpaired) electrons. The largest absolute Gasteiger partial charge is 0.383 e. The topological polar surface area (TPSA) is 59.9 Å². The highest BCUT2D eigenvalue weighted by Gasteiger charge is 2.05. The highest BCUT2D eigenvalue weighted by Crippen LogP contribution is 2.03. The lowest BCUT2D eigenvalue weighted by Crippen LogP contribution is -2.22. The summed E-state index contributed by atoms with van der Waals surface area (Å²) in [6.45, 7) is 6.42. The number of aryl methyl sites for hydroxylation is 2. The van der Waals surface area contributed by atoms with Crippen molar-refractivity contribution in [3.63, 3.8) is 0 Å². The highest BCUT2D eigenvalue weighted by atomic mass is 16.5. The molecule has 14 heavy (non-hydrogen) atoms. The zero-order valence-electron chi connectivity index (χ0n) is 9.03. The van der Waals surface area contributed by atoms with Gasteiger partial charge in [0.25, 0.3) is 0 Å². The first-order valence-electron chi connectivity index (χ1n) is 4.57. The van der Waals surface area contributed by atoms with E-state index in [1.807, 2.05) is 20.8 Å². The molecule has 0 aliphatic rings. The van der Waals surface area contributed by atoms with E-state index in [1.165, 1.54) is 0 Å². The average Bonchev–Trinajstić information content (AvgIpc) is 2.12. The van der Waals surface area contributed by atoms with Gasteiger partial charge in [-0.15, -0.1) is 5.10 Å². The Bertz CT molecular complexity index is 303. The van der Waals surface area contributed by atoms with E-state index in [-0.39, 0.29) is 6.04 Å². The van der Waals surface area contributed by atoms with Crippen LogP contribution in [0, 0.1) is 13.8 Å². The number of nitrogens with zero attached hydrogens (tertiary/aromatic N) is 3. The normalized spacial score (nSPS) is 12.6. The van der Waals surface area contributed by atoms with Gasteiger partial charge in [-0.3, -0.25) is 0 Å². The van der Waals surface area contributed by atoms with Crippen LogP contribution >= 0.6 is 0 Å². The van der Waals surface area contributed by atoms with Crippen molar-refractivity contribution in [2.24, 2.45) is 0 Å². The van der Waals surface area contributed by atoms with Crippen LogP contribution < -0.4 is 5.32 Å². The van der Waals surface area contributed by atoms with Crippen LogP contribution in [0.2, 0.25) is 0 Å². The van der Waals surface area contributed by atoms with Crippen LogP contribution in [0.25, 0.3) is 0 Å². The molecule has 0 amide bonds. The van der Waals surface area contributed by atoms with Crippen molar-refractivity contribution in [2.45, 2.75) is 26.8 Å². The molecule has 0 aliphatic heterocycles. The molecule has 5 nitrogen and oxygen atoms in total. The Morgan fingerprint density at radius 1 is 1.29 bits per heavy atom. The van der Waals surface area contributed by atoms with Gasteiger partial charge in [0.15, 0.2) is 0 Å². The number of nitrogens with one attached hydrogen (secondary N) is 1. The molecule has 1 rings (SSSR count). The van der Waals surface area contributed by atoms with Gasteiger partial charge in [0.05, 0.1) is 18.0 Å². The summed E-state index contributed by atoms with van der Waals surface area (Å²) in [7, 11) is 1.66. The Kier molecular flexibility index (Phi) is 3.76. The number of hydrogen-bond acceptors (Lipinski definition) is 5. The van der Waals surface area contributed by atoms with E-state index in [2.05, 4.69) is 20.5 Å². The predicted molar refractivity (Wildman–Crippen MR) is 54.3 cm³/mol. The fraction of sp³-hybridized carbons (Fsp3) is 0.667. The van der Waals surface area contributed by atoms with Crippen LogP contribution in [0.5, 0.6) is 0 Å². The maximum Gasteiger partial charge on any atom is 0.243 e. The van der Waals surface area contributed by atoms with E-state index in [9.17, 15) is 0 Å². The summed E-state index contributed by atoms with van der Waals surface area (Å²) in [5, 5.41) is 11.0. The third kappa shape index (κ3) is 2.92. The molecule has 1 aromatic heterocycles. The second kappa shape index (κ2) is 4.85. The quantitative estimate of drug-likeness (QED) is 0.776. The third-order valence-electron chi connectivity index (χ3n) is 1.88. The van der Waals surface area contributed by atoms with E-state index >= 15 is 0 Å². The Morgan fingerprint density at radius 3 is 2.57 bits per heavy atom. The Labute approximate surface area is 83.9 Å². The summed E-state index contributed by atoms with van der Waals surface area (Å²) in [5.41, 5.74) is 1.75. The van der Waals surface area contributed by atoms with Gasteiger partial charge in [-0.05, 0) is 20.8 Å². The molecule has 1 heterocycles. The average molecular weight is 196 g/mol. The van der Waals surface area contributed by atoms with Crippen LogP contribution in [0.15, 0.2) is 0 Å². The van der Waals surface area contributed by atoms with Crippen LogP contribution in [-0.2, 0) is 4.74 Å². The molecule has 1 atom stereocenters. The molecule has 5 heteroatoms. The van der Waals surface area contributed by atoms with Crippen molar-refractivity contribution >= 4 is 5.95 Å². The molecular weight excluding hydrogens is 180 g/mol. The summed E-state index contributed by atoms with van der Waals surface area (Å²) >= 11 is 0. The zero-order valence-corrected chi connectivity index (χ0v) is 9.03. The van der Waals surface area contributed by atoms with Gasteiger partial charge in [-0.2, -0.15) is 5.10 Å². The van der Waals surface area contributed by atoms with Crippen LogP contribution in [0.1, 0.15) is 18.3 Å². The van der Waals surface area contributed by atoms with Gasteiger partial charge in [-0.1, -0.05) is 0 Å². The summed E-state index contributed by atoms with van der Waals surface area (Å²) < 4.78 is 4.99. The Morgan fingerprint density at radius 2 is 2.00 bits per heavy atom. The first-order chi connectivity index (χ1) is 6.63. The van der Waals surface area contributed by atoms with Crippen molar-refractivity contribution in [1.29, 1.82) is 0 Å². The number of methoxy groups -OCH3 is 1. The zero-order chi connectivity index (χ0) is 10.6. The number of hydrogen-bond donors (Lipinski definition) is 1. The molecule has 0 spiro atoms. The highest BCUT2D eigenvalue weighted by molar-refractivity contribution is 5.25. The molecule has 0 aliphatic carbocycles. The first-order valence-corrected chi connectivity index (χ1v) is 4.57. The van der Waals surface area contributed by atoms with Crippen LogP contribution in [0.4, 0.5) is 5.95 Å². The SMILES string of the molecule is COCC(C)Nc1nnc(C)c(C)n1. The van der Waals surface area contributed by atoms with Crippen LogP contribution in [0.3, 0.4) is 0 Å². The summed E-state index contributed by atoms with van der Waals surface area (Å²) in [5.74, 6) is 0.553. The maximum absolute atomic E-state index is 4.99. The molecule has 0 fully saturated rings. The predicted octanol–water partition coefficient (Wildman–Crippen LogP) is 0.935. The van der Waals surface area contributed by atoms with E-state index in [0.29, 0.717) is 12.6 Å². The van der Waals surface area contributed by atoms with Crippen molar-refractivity contribution in [1.82, 2.24) is 15.2 Å². The van der Waals surface area contributed by atoms with Gasteiger partial charge < -0.3 is 10.1 Å². The Balaban J connectivity index is 2.63. The fourth-order valence-corrected chi connectivity index (χ4v) is 1.03. The fourth-order valence-electron chi connectivity index (χ4n) is 1.03. The van der Waals surface area contributed by atoms with Gasteiger partial charge in [0.2, 0.25) is 5.95 Å². The number of ether oxygens (including phenoxy) is 1. The number of rotatable bonds is 4. The molecule has 0 bridgehead atoms. The minimum atomic E-state index is 0.184. The monoisotopic (exact) mass is 196 g/mol. The molecule has 78 valence electrons. The van der Waals surface area contributed by atoms with Crippen LogP contribution in [-0.4, -0.2) is 34.9 Å². The third-order valence-corrected chi connectivity index (χ3v) is 1.88. The van der Waals surface area contributed by atoms with Crippen molar-refractivity contribution in [2.75, 3.05) is 19.0 Å². The van der Waals surface area contributed by atoms with Crippen molar-refractivity contribution in [3.05, 3.63) is 11.4 Å². The second-order valence-corrected chi connectivity index (χ2v) is 3.31. The molecule has 0 saturated carbocycles. The minimum absolute atomic E-state index is 0.184. The number of aromatic nitrogens is 3. The van der Waals surface area contributed by atoms with E-state index in [4.69, 9.17) is 4.74 Å². The number of anilines is 1. The molecule has 1 unspecified atom stereocenters. The lowest BCUT2D eigenvalue weighted by atomic mass is 10.3. The lowest BCUT2D eigenvalue weighted by molar-refractivity contribution is 0.190. The van der Waals surface area contributed by atoms with E-state index < -0.39 is 0 Å². The summed E-state index contributed by atoms with van der Waals surface area (Å²) in [6.07, 6.45) is 0. The Hall–Kier alpha value is -1.23. The minimum Gasteiger partial charge on any atom is -0.383 e. The van der Waals surface area contributed by atoms with Gasteiger partial charge in [0, 0.05) is 13.2 Å². The van der Waals surface area contributed by atoms with Gasteiger partial charge in [-0.25, -0.2) is 4.98 Å². The van der Waals surface area contributed by atoms with Crippen molar-refractivity contribution in [3.8, 4) is 0 Å². The van der Waals surface area contributed by atoms with Gasteiger partial charge >= 0.3 is 0 Å². The van der Waals surface area contributed by atoms with Crippen molar-refractivity contribution < 1.29 is 4.74 Å². The standard InChI is InChI=1S/C9H16N4O/c1-6(5-14-4)10-9-11-7(2)8(3)12-13-9/h6H,5H2,1-4H3,(H,10,11,13). The molecule has 0 saturated heterocycles.